The SMILES string of the molecule is COc1nccc2cc(NC(=O)N3CC(C)CC(C(=O)O)C3)ccc12. The Balaban J connectivity index is 1.76. The van der Waals surface area contributed by atoms with Gasteiger partial charge in [0.15, 0.2) is 0 Å². The van der Waals surface area contributed by atoms with Gasteiger partial charge in [0, 0.05) is 30.4 Å². The Morgan fingerprint density at radius 1 is 1.32 bits per heavy atom. The van der Waals surface area contributed by atoms with Gasteiger partial charge in [0.25, 0.3) is 0 Å². The van der Waals surface area contributed by atoms with E-state index in [4.69, 9.17) is 4.74 Å². The summed E-state index contributed by atoms with van der Waals surface area (Å²) in [5.74, 6) is -0.673. The number of amides is 2. The van der Waals surface area contributed by atoms with Crippen molar-refractivity contribution >= 4 is 28.5 Å². The lowest BCUT2D eigenvalue weighted by atomic mass is 9.91. The van der Waals surface area contributed by atoms with Crippen LogP contribution in [-0.2, 0) is 4.79 Å². The number of pyridine rings is 1. The lowest BCUT2D eigenvalue weighted by molar-refractivity contribution is -0.143. The molecular weight excluding hydrogens is 322 g/mol. The van der Waals surface area contributed by atoms with E-state index < -0.39 is 11.9 Å². The highest BCUT2D eigenvalue weighted by molar-refractivity contribution is 5.95. The largest absolute Gasteiger partial charge is 0.481 e. The normalized spacial score (nSPS) is 20.3. The number of carboxylic acid groups (broad SMARTS) is 1. The number of hydrogen-bond donors (Lipinski definition) is 2. The third-order valence-corrected chi connectivity index (χ3v) is 4.47. The molecule has 0 spiro atoms. The maximum absolute atomic E-state index is 12.5. The van der Waals surface area contributed by atoms with Crippen molar-refractivity contribution in [3.05, 3.63) is 30.5 Å². The number of aliphatic carboxylic acids is 1. The maximum Gasteiger partial charge on any atom is 0.321 e. The second-order valence-electron chi connectivity index (χ2n) is 6.47. The molecule has 2 heterocycles. The second kappa shape index (κ2) is 6.96. The smallest absolute Gasteiger partial charge is 0.321 e. The average Bonchev–Trinajstić information content (AvgIpc) is 2.60. The topological polar surface area (TPSA) is 91.8 Å². The zero-order chi connectivity index (χ0) is 18.0. The first-order chi connectivity index (χ1) is 12.0. The first kappa shape index (κ1) is 17.0. The number of benzene rings is 1. The summed E-state index contributed by atoms with van der Waals surface area (Å²) in [7, 11) is 1.56. The Hall–Kier alpha value is -2.83. The Morgan fingerprint density at radius 2 is 2.12 bits per heavy atom. The van der Waals surface area contributed by atoms with E-state index in [0.29, 0.717) is 24.5 Å². The van der Waals surface area contributed by atoms with E-state index in [2.05, 4.69) is 10.3 Å². The predicted octanol–water partition coefficient (Wildman–Crippen LogP) is 2.82. The molecule has 1 saturated heterocycles. The summed E-state index contributed by atoms with van der Waals surface area (Å²) in [6.45, 7) is 2.75. The van der Waals surface area contributed by atoms with Gasteiger partial charge in [0.1, 0.15) is 0 Å². The molecule has 7 nitrogen and oxygen atoms in total. The molecule has 0 aliphatic carbocycles. The zero-order valence-electron chi connectivity index (χ0n) is 14.2. The summed E-state index contributed by atoms with van der Waals surface area (Å²) < 4.78 is 5.23. The van der Waals surface area contributed by atoms with E-state index >= 15 is 0 Å². The van der Waals surface area contributed by atoms with Crippen LogP contribution in [-0.4, -0.2) is 47.2 Å². The maximum atomic E-state index is 12.5. The van der Waals surface area contributed by atoms with Crippen molar-refractivity contribution < 1.29 is 19.4 Å². The molecule has 2 atom stereocenters. The van der Waals surface area contributed by atoms with Crippen LogP contribution in [0.15, 0.2) is 30.5 Å². The summed E-state index contributed by atoms with van der Waals surface area (Å²) in [4.78, 5) is 29.5. The highest BCUT2D eigenvalue weighted by Gasteiger charge is 2.31. The highest BCUT2D eigenvalue weighted by atomic mass is 16.5. The van der Waals surface area contributed by atoms with Crippen molar-refractivity contribution in [3.63, 3.8) is 0 Å². The Bertz CT molecular complexity index is 808. The minimum absolute atomic E-state index is 0.160. The Labute approximate surface area is 145 Å². The quantitative estimate of drug-likeness (QED) is 0.894. The van der Waals surface area contributed by atoms with Gasteiger partial charge in [-0.25, -0.2) is 9.78 Å². The lowest BCUT2D eigenvalue weighted by Crippen LogP contribution is -2.47. The monoisotopic (exact) mass is 343 g/mol. The Morgan fingerprint density at radius 3 is 2.84 bits per heavy atom. The molecule has 0 saturated carbocycles. The first-order valence-electron chi connectivity index (χ1n) is 8.19. The molecule has 2 unspecified atom stereocenters. The molecule has 2 N–H and O–H groups in total. The summed E-state index contributed by atoms with van der Waals surface area (Å²) in [6.07, 6.45) is 2.25. The van der Waals surface area contributed by atoms with E-state index in [1.54, 1.807) is 24.3 Å². The van der Waals surface area contributed by atoms with Crippen LogP contribution in [0.2, 0.25) is 0 Å². The van der Waals surface area contributed by atoms with Gasteiger partial charge < -0.3 is 20.1 Å². The predicted molar refractivity (Wildman–Crippen MR) is 93.8 cm³/mol. The average molecular weight is 343 g/mol. The molecule has 2 amide bonds. The van der Waals surface area contributed by atoms with Crippen LogP contribution in [0.1, 0.15) is 13.3 Å². The molecule has 3 rings (SSSR count). The molecule has 0 radical (unpaired) electrons. The second-order valence-corrected chi connectivity index (χ2v) is 6.47. The summed E-state index contributed by atoms with van der Waals surface area (Å²) in [6, 6.07) is 7.04. The molecule has 1 aromatic heterocycles. The number of anilines is 1. The molecule has 1 aromatic carbocycles. The zero-order valence-corrected chi connectivity index (χ0v) is 14.2. The van der Waals surface area contributed by atoms with Crippen LogP contribution in [0.4, 0.5) is 10.5 Å². The number of hydrogen-bond acceptors (Lipinski definition) is 4. The number of aromatic nitrogens is 1. The number of fused-ring (bicyclic) bond motifs is 1. The van der Waals surface area contributed by atoms with Gasteiger partial charge in [0.05, 0.1) is 13.0 Å². The molecule has 7 heteroatoms. The molecule has 132 valence electrons. The van der Waals surface area contributed by atoms with Crippen molar-refractivity contribution in [1.82, 2.24) is 9.88 Å². The van der Waals surface area contributed by atoms with Crippen LogP contribution < -0.4 is 10.1 Å². The van der Waals surface area contributed by atoms with Gasteiger partial charge in [-0.15, -0.1) is 0 Å². The third-order valence-electron chi connectivity index (χ3n) is 4.47. The van der Waals surface area contributed by atoms with E-state index in [-0.39, 0.29) is 18.5 Å². The van der Waals surface area contributed by atoms with Crippen LogP contribution >= 0.6 is 0 Å². The number of carbonyl (C=O) groups is 2. The number of carbonyl (C=O) groups excluding carboxylic acids is 1. The Kier molecular flexibility index (Phi) is 4.74. The van der Waals surface area contributed by atoms with E-state index in [9.17, 15) is 14.7 Å². The molecule has 1 aliphatic rings. The number of rotatable bonds is 3. The molecule has 2 aromatic rings. The van der Waals surface area contributed by atoms with Crippen LogP contribution in [0.3, 0.4) is 0 Å². The number of piperidine rings is 1. The molecular formula is C18H21N3O4. The van der Waals surface area contributed by atoms with Gasteiger partial charge in [-0.1, -0.05) is 6.92 Å². The van der Waals surface area contributed by atoms with Crippen molar-refractivity contribution in [1.29, 1.82) is 0 Å². The standard InChI is InChI=1S/C18H21N3O4/c1-11-7-13(17(22)23)10-21(9-11)18(24)20-14-3-4-15-12(8-14)5-6-19-16(15)25-2/h3-6,8,11,13H,7,9-10H2,1-2H3,(H,20,24)(H,22,23). The number of ether oxygens (including phenoxy) is 1. The fourth-order valence-corrected chi connectivity index (χ4v) is 3.29. The lowest BCUT2D eigenvalue weighted by Gasteiger charge is -2.34. The third kappa shape index (κ3) is 3.65. The van der Waals surface area contributed by atoms with Gasteiger partial charge in [0.2, 0.25) is 5.88 Å². The van der Waals surface area contributed by atoms with Gasteiger partial charge in [-0.3, -0.25) is 4.79 Å². The van der Waals surface area contributed by atoms with Crippen LogP contribution in [0.25, 0.3) is 10.8 Å². The fraction of sp³-hybridized carbons (Fsp3) is 0.389. The summed E-state index contributed by atoms with van der Waals surface area (Å²) in [5.41, 5.74) is 0.649. The highest BCUT2D eigenvalue weighted by Crippen LogP contribution is 2.26. The van der Waals surface area contributed by atoms with Gasteiger partial charge in [-0.2, -0.15) is 0 Å². The van der Waals surface area contributed by atoms with Crippen LogP contribution in [0.5, 0.6) is 5.88 Å². The molecule has 0 bridgehead atoms. The summed E-state index contributed by atoms with van der Waals surface area (Å²) in [5, 5.41) is 13.9. The van der Waals surface area contributed by atoms with Crippen molar-refractivity contribution in [3.8, 4) is 5.88 Å². The number of carboxylic acids is 1. The number of nitrogens with zero attached hydrogens (tertiary/aromatic N) is 2. The minimum Gasteiger partial charge on any atom is -0.481 e. The molecule has 1 fully saturated rings. The number of nitrogens with one attached hydrogen (secondary N) is 1. The number of likely N-dealkylation sites (tertiary alicyclic amines) is 1. The van der Waals surface area contributed by atoms with E-state index in [1.165, 1.54) is 0 Å². The number of urea groups is 1. The van der Waals surface area contributed by atoms with Crippen molar-refractivity contribution in [2.24, 2.45) is 11.8 Å². The number of methoxy groups -OCH3 is 1. The fourth-order valence-electron chi connectivity index (χ4n) is 3.29. The first-order valence-corrected chi connectivity index (χ1v) is 8.19. The minimum atomic E-state index is -0.852. The molecule has 25 heavy (non-hydrogen) atoms. The van der Waals surface area contributed by atoms with Gasteiger partial charge in [-0.05, 0) is 42.0 Å². The van der Waals surface area contributed by atoms with E-state index in [0.717, 1.165) is 10.8 Å². The summed E-state index contributed by atoms with van der Waals surface area (Å²) >= 11 is 0. The van der Waals surface area contributed by atoms with Crippen molar-refractivity contribution in [2.75, 3.05) is 25.5 Å². The van der Waals surface area contributed by atoms with Crippen LogP contribution in [0, 0.1) is 11.8 Å². The molecule has 1 aliphatic heterocycles. The van der Waals surface area contributed by atoms with E-state index in [1.807, 2.05) is 25.1 Å². The van der Waals surface area contributed by atoms with Crippen molar-refractivity contribution in [2.45, 2.75) is 13.3 Å². The van der Waals surface area contributed by atoms with Gasteiger partial charge >= 0.3 is 12.0 Å².